The van der Waals surface area contributed by atoms with Crippen LogP contribution in [0.15, 0.2) is 72.8 Å². The van der Waals surface area contributed by atoms with Crippen LogP contribution in [0.1, 0.15) is 5.56 Å². The summed E-state index contributed by atoms with van der Waals surface area (Å²) in [6.45, 7) is 1.89. The Kier molecular flexibility index (Phi) is 5.21. The molecule has 0 radical (unpaired) electrons. The van der Waals surface area contributed by atoms with Crippen LogP contribution in [0.4, 0.5) is 16.2 Å². The maximum Gasteiger partial charge on any atom is 0.323 e. The van der Waals surface area contributed by atoms with Gasteiger partial charge in [0.25, 0.3) is 0 Å². The zero-order chi connectivity index (χ0) is 17.6. The summed E-state index contributed by atoms with van der Waals surface area (Å²) in [5, 5.41) is 6.22. The molecule has 0 aromatic heterocycles. The van der Waals surface area contributed by atoms with Gasteiger partial charge in [-0.2, -0.15) is 0 Å². The highest BCUT2D eigenvalue weighted by Gasteiger charge is 2.05. The van der Waals surface area contributed by atoms with Gasteiger partial charge in [-0.15, -0.1) is 0 Å². The quantitative estimate of drug-likeness (QED) is 0.597. The summed E-state index contributed by atoms with van der Waals surface area (Å²) >= 11 is 5.98. The Hall–Kier alpha value is -2.98. The summed E-state index contributed by atoms with van der Waals surface area (Å²) < 4.78 is 5.72. The SMILES string of the molecule is Cc1cc(NC(=O)Nc2ccc(Oc3ccccc3)cc2)ccc1Cl. The van der Waals surface area contributed by atoms with E-state index in [1.807, 2.05) is 43.3 Å². The number of rotatable bonds is 4. The first-order valence-corrected chi connectivity index (χ1v) is 8.15. The predicted molar refractivity (Wildman–Crippen MR) is 102 cm³/mol. The topological polar surface area (TPSA) is 50.4 Å². The maximum atomic E-state index is 12.1. The van der Waals surface area contributed by atoms with E-state index >= 15 is 0 Å². The van der Waals surface area contributed by atoms with Crippen LogP contribution in [-0.2, 0) is 0 Å². The van der Waals surface area contributed by atoms with E-state index in [4.69, 9.17) is 16.3 Å². The lowest BCUT2D eigenvalue weighted by Gasteiger charge is -2.10. The van der Waals surface area contributed by atoms with Gasteiger partial charge in [0.15, 0.2) is 0 Å². The number of hydrogen-bond acceptors (Lipinski definition) is 2. The third kappa shape index (κ3) is 4.75. The van der Waals surface area contributed by atoms with Crippen LogP contribution in [0.3, 0.4) is 0 Å². The molecular formula is C20H17ClN2O2. The highest BCUT2D eigenvalue weighted by Crippen LogP contribution is 2.23. The van der Waals surface area contributed by atoms with Gasteiger partial charge in [-0.1, -0.05) is 29.8 Å². The van der Waals surface area contributed by atoms with E-state index in [1.165, 1.54) is 0 Å². The Morgan fingerprint density at radius 3 is 2.12 bits per heavy atom. The molecule has 0 aliphatic rings. The third-order valence-electron chi connectivity index (χ3n) is 3.51. The summed E-state index contributed by atoms with van der Waals surface area (Å²) in [5.74, 6) is 1.46. The number of anilines is 2. The predicted octanol–water partition coefficient (Wildman–Crippen LogP) is 6.08. The van der Waals surface area contributed by atoms with Gasteiger partial charge in [-0.05, 0) is 67.1 Å². The molecule has 0 saturated heterocycles. The van der Waals surface area contributed by atoms with Crippen molar-refractivity contribution in [3.63, 3.8) is 0 Å². The van der Waals surface area contributed by atoms with Crippen molar-refractivity contribution in [2.24, 2.45) is 0 Å². The number of aryl methyl sites for hydroxylation is 1. The van der Waals surface area contributed by atoms with Crippen molar-refractivity contribution < 1.29 is 9.53 Å². The highest BCUT2D eigenvalue weighted by atomic mass is 35.5. The van der Waals surface area contributed by atoms with Crippen LogP contribution < -0.4 is 15.4 Å². The number of halogens is 1. The molecule has 0 unspecified atom stereocenters. The van der Waals surface area contributed by atoms with E-state index in [1.54, 1.807) is 36.4 Å². The van der Waals surface area contributed by atoms with E-state index in [-0.39, 0.29) is 6.03 Å². The zero-order valence-electron chi connectivity index (χ0n) is 13.6. The molecule has 3 aromatic carbocycles. The molecule has 2 N–H and O–H groups in total. The minimum absolute atomic E-state index is 0.321. The van der Waals surface area contributed by atoms with Crippen molar-refractivity contribution in [3.05, 3.63) is 83.4 Å². The summed E-state index contributed by atoms with van der Waals surface area (Å²) in [6.07, 6.45) is 0. The second-order valence-electron chi connectivity index (χ2n) is 5.48. The molecule has 0 spiro atoms. The molecule has 0 aliphatic carbocycles. The maximum absolute atomic E-state index is 12.1. The van der Waals surface area contributed by atoms with E-state index in [9.17, 15) is 4.79 Å². The summed E-state index contributed by atoms with van der Waals surface area (Å²) in [5.41, 5.74) is 2.26. The fourth-order valence-electron chi connectivity index (χ4n) is 2.25. The van der Waals surface area contributed by atoms with Crippen LogP contribution in [0, 0.1) is 6.92 Å². The van der Waals surface area contributed by atoms with E-state index < -0.39 is 0 Å². The lowest BCUT2D eigenvalue weighted by Crippen LogP contribution is -2.19. The normalized spacial score (nSPS) is 10.2. The Morgan fingerprint density at radius 1 is 0.840 bits per heavy atom. The monoisotopic (exact) mass is 352 g/mol. The van der Waals surface area contributed by atoms with Gasteiger partial charge in [-0.25, -0.2) is 4.79 Å². The van der Waals surface area contributed by atoms with Gasteiger partial charge in [0.1, 0.15) is 11.5 Å². The van der Waals surface area contributed by atoms with E-state index in [0.29, 0.717) is 22.1 Å². The number of nitrogens with one attached hydrogen (secondary N) is 2. The van der Waals surface area contributed by atoms with Crippen molar-refractivity contribution >= 4 is 29.0 Å². The van der Waals surface area contributed by atoms with Gasteiger partial charge < -0.3 is 15.4 Å². The molecule has 0 fully saturated rings. The summed E-state index contributed by atoms with van der Waals surface area (Å²) in [4.78, 5) is 12.1. The molecule has 3 rings (SSSR count). The molecule has 4 nitrogen and oxygen atoms in total. The average Bonchev–Trinajstić information content (AvgIpc) is 2.61. The first-order valence-electron chi connectivity index (χ1n) is 7.77. The molecule has 3 aromatic rings. The minimum atomic E-state index is -0.321. The molecule has 126 valence electrons. The molecule has 2 amide bonds. The number of ether oxygens (including phenoxy) is 1. The van der Waals surface area contributed by atoms with Crippen molar-refractivity contribution in [2.75, 3.05) is 10.6 Å². The Bertz CT molecular complexity index is 865. The molecule has 0 bridgehead atoms. The van der Waals surface area contributed by atoms with Crippen molar-refractivity contribution in [1.29, 1.82) is 0 Å². The molecular weight excluding hydrogens is 336 g/mol. The number of amides is 2. The fourth-order valence-corrected chi connectivity index (χ4v) is 2.36. The number of carbonyl (C=O) groups excluding carboxylic acids is 1. The van der Waals surface area contributed by atoms with E-state index in [2.05, 4.69) is 10.6 Å². The number of benzene rings is 3. The smallest absolute Gasteiger partial charge is 0.323 e. The Balaban J connectivity index is 1.59. The molecule has 0 heterocycles. The van der Waals surface area contributed by atoms with Gasteiger partial charge in [0.05, 0.1) is 0 Å². The first-order chi connectivity index (χ1) is 12.1. The molecule has 25 heavy (non-hydrogen) atoms. The van der Waals surface area contributed by atoms with Crippen LogP contribution in [0.25, 0.3) is 0 Å². The lowest BCUT2D eigenvalue weighted by atomic mass is 10.2. The van der Waals surface area contributed by atoms with Gasteiger partial charge in [0.2, 0.25) is 0 Å². The standard InChI is InChI=1S/C20H17ClN2O2/c1-14-13-16(9-12-19(14)21)23-20(24)22-15-7-10-18(11-8-15)25-17-5-3-2-4-6-17/h2-13H,1H3,(H2,22,23,24). The number of urea groups is 1. The van der Waals surface area contributed by atoms with Gasteiger partial charge in [-0.3, -0.25) is 0 Å². The number of hydrogen-bond donors (Lipinski definition) is 2. The van der Waals surface area contributed by atoms with E-state index in [0.717, 1.165) is 11.3 Å². The van der Waals surface area contributed by atoms with Crippen LogP contribution >= 0.6 is 11.6 Å². The first kappa shape index (κ1) is 16.9. The van der Waals surface area contributed by atoms with Crippen molar-refractivity contribution in [1.82, 2.24) is 0 Å². The molecule has 0 atom stereocenters. The van der Waals surface area contributed by atoms with Crippen molar-refractivity contribution in [3.8, 4) is 11.5 Å². The van der Waals surface area contributed by atoms with Crippen molar-refractivity contribution in [2.45, 2.75) is 6.92 Å². The van der Waals surface area contributed by atoms with Crippen LogP contribution in [0.5, 0.6) is 11.5 Å². The second-order valence-corrected chi connectivity index (χ2v) is 5.89. The van der Waals surface area contributed by atoms with Crippen LogP contribution in [-0.4, -0.2) is 6.03 Å². The lowest BCUT2D eigenvalue weighted by molar-refractivity contribution is 0.262. The molecule has 0 aliphatic heterocycles. The largest absolute Gasteiger partial charge is 0.457 e. The minimum Gasteiger partial charge on any atom is -0.457 e. The molecule has 0 saturated carbocycles. The fraction of sp³-hybridized carbons (Fsp3) is 0.0500. The number of carbonyl (C=O) groups is 1. The second kappa shape index (κ2) is 7.73. The average molecular weight is 353 g/mol. The highest BCUT2D eigenvalue weighted by molar-refractivity contribution is 6.31. The Labute approximate surface area is 151 Å². The Morgan fingerprint density at radius 2 is 1.44 bits per heavy atom. The van der Waals surface area contributed by atoms with Crippen LogP contribution in [0.2, 0.25) is 5.02 Å². The molecule has 5 heteroatoms. The summed E-state index contributed by atoms with van der Waals surface area (Å²) in [6, 6.07) is 21.7. The zero-order valence-corrected chi connectivity index (χ0v) is 14.4. The summed E-state index contributed by atoms with van der Waals surface area (Å²) in [7, 11) is 0. The van der Waals surface area contributed by atoms with Gasteiger partial charge in [0, 0.05) is 16.4 Å². The number of para-hydroxylation sites is 1. The third-order valence-corrected chi connectivity index (χ3v) is 3.93. The van der Waals surface area contributed by atoms with Gasteiger partial charge >= 0.3 is 6.03 Å².